The van der Waals surface area contributed by atoms with Crippen molar-refractivity contribution in [1.82, 2.24) is 25.0 Å². The summed E-state index contributed by atoms with van der Waals surface area (Å²) in [5.41, 5.74) is 0. The van der Waals surface area contributed by atoms with Crippen LogP contribution in [-0.2, 0) is 13.1 Å². The Labute approximate surface area is 146 Å². The van der Waals surface area contributed by atoms with Crippen molar-refractivity contribution < 1.29 is 14.3 Å². The Morgan fingerprint density at radius 3 is 2.92 bits per heavy atom. The van der Waals surface area contributed by atoms with E-state index in [0.717, 1.165) is 18.1 Å². The Bertz CT molecular complexity index is 718. The maximum absolute atomic E-state index is 12.4. The number of aromatic nitrogens is 3. The zero-order valence-electron chi connectivity index (χ0n) is 14.5. The summed E-state index contributed by atoms with van der Waals surface area (Å²) in [7, 11) is 0. The molecular formula is C17H23N5O3. The van der Waals surface area contributed by atoms with Crippen LogP contribution in [0, 0.1) is 0 Å². The van der Waals surface area contributed by atoms with E-state index >= 15 is 0 Å². The van der Waals surface area contributed by atoms with Crippen LogP contribution in [-0.4, -0.2) is 51.5 Å². The van der Waals surface area contributed by atoms with E-state index in [1.54, 1.807) is 11.2 Å². The minimum Gasteiger partial charge on any atom is -0.486 e. The van der Waals surface area contributed by atoms with Crippen LogP contribution in [0.15, 0.2) is 30.6 Å². The molecule has 3 rings (SSSR count). The van der Waals surface area contributed by atoms with E-state index in [1.807, 2.05) is 42.7 Å². The summed E-state index contributed by atoms with van der Waals surface area (Å²) >= 11 is 0. The van der Waals surface area contributed by atoms with Gasteiger partial charge in [0.1, 0.15) is 12.9 Å². The molecule has 1 aliphatic heterocycles. The third kappa shape index (κ3) is 4.01. The van der Waals surface area contributed by atoms with E-state index in [-0.39, 0.29) is 12.1 Å². The first-order chi connectivity index (χ1) is 12.2. The van der Waals surface area contributed by atoms with Crippen molar-refractivity contribution in [3.05, 3.63) is 36.4 Å². The monoisotopic (exact) mass is 345 g/mol. The van der Waals surface area contributed by atoms with E-state index in [2.05, 4.69) is 15.5 Å². The minimum absolute atomic E-state index is 0.157. The van der Waals surface area contributed by atoms with Crippen molar-refractivity contribution in [3.8, 4) is 11.5 Å². The fraction of sp³-hybridized carbons (Fsp3) is 0.471. The summed E-state index contributed by atoms with van der Waals surface area (Å²) in [6.07, 6.45) is 1.46. The molecule has 1 aliphatic rings. The molecular weight excluding hydrogens is 322 g/mol. The van der Waals surface area contributed by atoms with Crippen molar-refractivity contribution in [2.45, 2.75) is 33.0 Å². The van der Waals surface area contributed by atoms with Gasteiger partial charge in [-0.1, -0.05) is 12.1 Å². The molecule has 1 unspecified atom stereocenters. The minimum atomic E-state index is -0.195. The molecule has 25 heavy (non-hydrogen) atoms. The highest BCUT2D eigenvalue weighted by atomic mass is 16.6. The Morgan fingerprint density at radius 1 is 1.36 bits per heavy atom. The van der Waals surface area contributed by atoms with Crippen molar-refractivity contribution >= 4 is 6.03 Å². The average molecular weight is 345 g/mol. The second-order valence-electron chi connectivity index (χ2n) is 5.73. The number of carbonyl (C=O) groups is 1. The molecule has 0 fully saturated rings. The Kier molecular flexibility index (Phi) is 5.37. The molecule has 2 heterocycles. The maximum Gasteiger partial charge on any atom is 0.317 e. The van der Waals surface area contributed by atoms with Gasteiger partial charge in [0.15, 0.2) is 23.4 Å². The second-order valence-corrected chi connectivity index (χ2v) is 5.73. The van der Waals surface area contributed by atoms with Gasteiger partial charge in [0, 0.05) is 13.1 Å². The standard InChI is InChI=1S/C17H23N5O3/c1-3-21(17(23)18-9-16-20-19-12-22(16)4-2)10-13-11-24-14-7-5-6-8-15(14)25-13/h5-8,12-13H,3-4,9-11H2,1-2H3,(H,18,23). The van der Waals surface area contributed by atoms with E-state index in [4.69, 9.17) is 9.47 Å². The highest BCUT2D eigenvalue weighted by Gasteiger charge is 2.24. The van der Waals surface area contributed by atoms with Crippen molar-refractivity contribution in [2.75, 3.05) is 19.7 Å². The van der Waals surface area contributed by atoms with Crippen LogP contribution in [0.3, 0.4) is 0 Å². The summed E-state index contributed by atoms with van der Waals surface area (Å²) < 4.78 is 13.5. The molecule has 1 N–H and O–H groups in total. The van der Waals surface area contributed by atoms with Crippen LogP contribution in [0.25, 0.3) is 0 Å². The van der Waals surface area contributed by atoms with Gasteiger partial charge < -0.3 is 24.3 Å². The van der Waals surface area contributed by atoms with Gasteiger partial charge in [-0.2, -0.15) is 0 Å². The lowest BCUT2D eigenvalue weighted by Gasteiger charge is -2.30. The number of amides is 2. The Balaban J connectivity index is 1.54. The number of likely N-dealkylation sites (N-methyl/N-ethyl adjacent to an activating group) is 1. The number of nitrogens with zero attached hydrogens (tertiary/aromatic N) is 4. The highest BCUT2D eigenvalue weighted by molar-refractivity contribution is 5.74. The lowest BCUT2D eigenvalue weighted by molar-refractivity contribution is 0.0675. The zero-order chi connectivity index (χ0) is 17.6. The number of hydrogen-bond acceptors (Lipinski definition) is 5. The number of rotatable bonds is 6. The molecule has 2 aromatic rings. The summed E-state index contributed by atoms with van der Waals surface area (Å²) in [5.74, 6) is 2.19. The first kappa shape index (κ1) is 17.1. The smallest absolute Gasteiger partial charge is 0.317 e. The topological polar surface area (TPSA) is 81.5 Å². The second kappa shape index (κ2) is 7.87. The Hall–Kier alpha value is -2.77. The molecule has 0 radical (unpaired) electrons. The average Bonchev–Trinajstić information content (AvgIpc) is 3.11. The molecule has 0 saturated carbocycles. The van der Waals surface area contributed by atoms with E-state index in [1.165, 1.54) is 0 Å². The SMILES string of the molecule is CCN(CC1COc2ccccc2O1)C(=O)NCc1nncn1CC. The molecule has 0 bridgehead atoms. The van der Waals surface area contributed by atoms with Gasteiger partial charge in [-0.3, -0.25) is 0 Å². The van der Waals surface area contributed by atoms with Gasteiger partial charge in [-0.05, 0) is 26.0 Å². The fourth-order valence-corrected chi connectivity index (χ4v) is 2.70. The van der Waals surface area contributed by atoms with Gasteiger partial charge in [0.25, 0.3) is 0 Å². The number of nitrogens with one attached hydrogen (secondary N) is 1. The number of aryl methyl sites for hydroxylation is 1. The van der Waals surface area contributed by atoms with Crippen LogP contribution in [0.4, 0.5) is 4.79 Å². The van der Waals surface area contributed by atoms with Crippen LogP contribution in [0.5, 0.6) is 11.5 Å². The summed E-state index contributed by atoms with van der Waals surface area (Å²) in [6, 6.07) is 7.40. The molecule has 2 amide bonds. The van der Waals surface area contributed by atoms with Gasteiger partial charge in [0.2, 0.25) is 0 Å². The molecule has 0 spiro atoms. The maximum atomic E-state index is 12.4. The van der Waals surface area contributed by atoms with Gasteiger partial charge >= 0.3 is 6.03 Å². The molecule has 1 aromatic carbocycles. The van der Waals surface area contributed by atoms with Gasteiger partial charge in [-0.15, -0.1) is 10.2 Å². The molecule has 8 heteroatoms. The lowest BCUT2D eigenvalue weighted by atomic mass is 10.2. The first-order valence-corrected chi connectivity index (χ1v) is 8.49. The molecule has 1 atom stereocenters. The predicted octanol–water partition coefficient (Wildman–Crippen LogP) is 1.67. The predicted molar refractivity (Wildman–Crippen MR) is 91.5 cm³/mol. The van der Waals surface area contributed by atoms with Crippen molar-refractivity contribution in [2.24, 2.45) is 0 Å². The normalized spacial score (nSPS) is 15.7. The van der Waals surface area contributed by atoms with Crippen LogP contribution in [0.2, 0.25) is 0 Å². The van der Waals surface area contributed by atoms with Gasteiger partial charge in [0.05, 0.1) is 13.1 Å². The van der Waals surface area contributed by atoms with Crippen molar-refractivity contribution in [1.29, 1.82) is 0 Å². The van der Waals surface area contributed by atoms with Gasteiger partial charge in [-0.25, -0.2) is 4.79 Å². The summed E-state index contributed by atoms with van der Waals surface area (Å²) in [6.45, 7) is 6.50. The number of carbonyl (C=O) groups excluding carboxylic acids is 1. The van der Waals surface area contributed by atoms with Crippen LogP contribution < -0.4 is 14.8 Å². The number of benzene rings is 1. The van der Waals surface area contributed by atoms with Crippen molar-refractivity contribution in [3.63, 3.8) is 0 Å². The third-order valence-corrected chi connectivity index (χ3v) is 4.09. The largest absolute Gasteiger partial charge is 0.486 e. The molecule has 0 aliphatic carbocycles. The zero-order valence-corrected chi connectivity index (χ0v) is 14.5. The molecule has 134 valence electrons. The summed E-state index contributed by atoms with van der Waals surface area (Å²) in [4.78, 5) is 14.2. The third-order valence-electron chi connectivity index (χ3n) is 4.09. The highest BCUT2D eigenvalue weighted by Crippen LogP contribution is 2.30. The number of urea groups is 1. The number of para-hydroxylation sites is 2. The Morgan fingerprint density at radius 2 is 2.16 bits per heavy atom. The fourth-order valence-electron chi connectivity index (χ4n) is 2.70. The first-order valence-electron chi connectivity index (χ1n) is 8.49. The van der Waals surface area contributed by atoms with Crippen LogP contribution in [0.1, 0.15) is 19.7 Å². The van der Waals surface area contributed by atoms with E-state index in [0.29, 0.717) is 32.0 Å². The molecule has 0 saturated heterocycles. The molecule has 1 aromatic heterocycles. The van der Waals surface area contributed by atoms with E-state index in [9.17, 15) is 4.79 Å². The number of fused-ring (bicyclic) bond motifs is 1. The quantitative estimate of drug-likeness (QED) is 0.861. The number of ether oxygens (including phenoxy) is 2. The lowest BCUT2D eigenvalue weighted by Crippen LogP contribution is -2.47. The van der Waals surface area contributed by atoms with E-state index < -0.39 is 0 Å². The summed E-state index contributed by atoms with van der Waals surface area (Å²) in [5, 5.41) is 10.8. The van der Waals surface area contributed by atoms with Crippen LogP contribution >= 0.6 is 0 Å². The molecule has 8 nitrogen and oxygen atoms in total. The number of hydrogen-bond donors (Lipinski definition) is 1.